The van der Waals surface area contributed by atoms with E-state index < -0.39 is 11.4 Å². The van der Waals surface area contributed by atoms with Crippen LogP contribution in [-0.4, -0.2) is 71.3 Å². The summed E-state index contributed by atoms with van der Waals surface area (Å²) in [7, 11) is 0. The molecule has 1 amide bonds. The molecule has 0 radical (unpaired) electrons. The van der Waals surface area contributed by atoms with Crippen molar-refractivity contribution in [3.63, 3.8) is 0 Å². The summed E-state index contributed by atoms with van der Waals surface area (Å²) in [6.07, 6.45) is 5.85. The summed E-state index contributed by atoms with van der Waals surface area (Å²) in [6, 6.07) is 10.0. The number of nitrogens with one attached hydrogen (secondary N) is 1. The van der Waals surface area contributed by atoms with E-state index in [1.807, 2.05) is 37.8 Å². The van der Waals surface area contributed by atoms with Gasteiger partial charge in [-0.3, -0.25) is 0 Å². The minimum absolute atomic E-state index is 0.0287. The van der Waals surface area contributed by atoms with E-state index in [0.29, 0.717) is 41.3 Å². The third kappa shape index (κ3) is 5.39. The second kappa shape index (κ2) is 10.7. The summed E-state index contributed by atoms with van der Waals surface area (Å²) < 4.78 is 28.4. The average Bonchev–Trinajstić information content (AvgIpc) is 3.58. The molecule has 226 valence electrons. The lowest BCUT2D eigenvalue weighted by molar-refractivity contribution is 0.0142. The van der Waals surface area contributed by atoms with Crippen molar-refractivity contribution in [2.75, 3.05) is 23.3 Å². The molecule has 44 heavy (non-hydrogen) atoms. The summed E-state index contributed by atoms with van der Waals surface area (Å²) in [6.45, 7) is 6.87. The van der Waals surface area contributed by atoms with Crippen LogP contribution in [0.4, 0.5) is 26.5 Å². The lowest BCUT2D eigenvalue weighted by Crippen LogP contribution is -2.46. The van der Waals surface area contributed by atoms with E-state index >= 15 is 4.39 Å². The van der Waals surface area contributed by atoms with Gasteiger partial charge in [0.15, 0.2) is 11.5 Å². The fourth-order valence-corrected chi connectivity index (χ4v) is 5.90. The standard InChI is InChI=1S/C30H29ClFN9O3/c1-30(2,3)44-29(42)39-8-6-17-10-18(39)14-40(17)25-5-4-22-27(38-25)28(35-15-33-22)37-23-12-20(31)24(13-21(23)32)43-19-7-9-41-26(11-19)34-16-36-41/h4-5,7,9,11-13,15-18H,6,8,10,14H2,1-3H3,(H,33,35,37)/t17-,18+/m1/s1. The van der Waals surface area contributed by atoms with Crippen LogP contribution in [0.15, 0.2) is 55.2 Å². The average molecular weight is 618 g/mol. The number of carbonyl (C=O) groups is 1. The van der Waals surface area contributed by atoms with E-state index in [1.165, 1.54) is 24.8 Å². The monoisotopic (exact) mass is 617 g/mol. The number of anilines is 3. The number of benzene rings is 1. The second-order valence-electron chi connectivity index (χ2n) is 11.8. The molecule has 4 aromatic heterocycles. The number of pyridine rings is 2. The number of amides is 1. The molecule has 14 heteroatoms. The van der Waals surface area contributed by atoms with Crippen LogP contribution < -0.4 is 15.0 Å². The Morgan fingerprint density at radius 3 is 2.80 bits per heavy atom. The largest absolute Gasteiger partial charge is 0.455 e. The SMILES string of the molecule is CC(C)(C)OC(=O)N1CC[C@@H]2C[C@H]1CN2c1ccc2ncnc(Nc3cc(Cl)c(Oc4ccn5ncnc5c4)cc3F)c2n1. The number of piperidine rings is 1. The summed E-state index contributed by atoms with van der Waals surface area (Å²) in [5, 5.41) is 7.28. The van der Waals surface area contributed by atoms with Crippen molar-refractivity contribution in [2.45, 2.75) is 51.3 Å². The van der Waals surface area contributed by atoms with Gasteiger partial charge >= 0.3 is 6.09 Å². The Labute approximate surface area is 256 Å². The van der Waals surface area contributed by atoms with Crippen LogP contribution in [-0.2, 0) is 4.74 Å². The van der Waals surface area contributed by atoms with Gasteiger partial charge in [0.2, 0.25) is 0 Å². The van der Waals surface area contributed by atoms with Crippen molar-refractivity contribution in [1.29, 1.82) is 0 Å². The van der Waals surface area contributed by atoms with E-state index in [9.17, 15) is 4.79 Å². The molecule has 2 aliphatic heterocycles. The van der Waals surface area contributed by atoms with Crippen molar-refractivity contribution >= 4 is 51.7 Å². The molecule has 7 rings (SSSR count). The lowest BCUT2D eigenvalue weighted by atomic mass is 10.0. The molecular weight excluding hydrogens is 589 g/mol. The van der Waals surface area contributed by atoms with Crippen molar-refractivity contribution in [1.82, 2.24) is 34.4 Å². The maximum Gasteiger partial charge on any atom is 0.410 e. The predicted molar refractivity (Wildman–Crippen MR) is 162 cm³/mol. The van der Waals surface area contributed by atoms with E-state index in [0.717, 1.165) is 18.7 Å². The van der Waals surface area contributed by atoms with E-state index in [-0.39, 0.29) is 34.6 Å². The van der Waals surface area contributed by atoms with Crippen LogP contribution in [0.3, 0.4) is 0 Å². The first-order valence-corrected chi connectivity index (χ1v) is 14.6. The lowest BCUT2D eigenvalue weighted by Gasteiger charge is -2.34. The molecular formula is C30H29ClFN9O3. The molecule has 0 spiro atoms. The number of halogens is 2. The van der Waals surface area contributed by atoms with Crippen LogP contribution in [0.25, 0.3) is 16.7 Å². The molecule has 5 aromatic rings. The highest BCUT2D eigenvalue weighted by Gasteiger charge is 2.43. The molecule has 1 N–H and O–H groups in total. The zero-order valence-electron chi connectivity index (χ0n) is 24.2. The van der Waals surface area contributed by atoms with Gasteiger partial charge in [0.1, 0.15) is 46.9 Å². The van der Waals surface area contributed by atoms with Crippen LogP contribution in [0, 0.1) is 5.82 Å². The number of fused-ring (bicyclic) bond motifs is 4. The van der Waals surface area contributed by atoms with Crippen molar-refractivity contribution in [3.8, 4) is 11.5 Å². The quantitative estimate of drug-likeness (QED) is 0.252. The number of aromatic nitrogens is 6. The number of hydrogen-bond acceptors (Lipinski definition) is 10. The van der Waals surface area contributed by atoms with Crippen LogP contribution in [0.1, 0.15) is 33.6 Å². The molecule has 2 bridgehead atoms. The molecule has 12 nitrogen and oxygen atoms in total. The third-order valence-corrected chi connectivity index (χ3v) is 7.98. The Bertz CT molecular complexity index is 1900. The predicted octanol–water partition coefficient (Wildman–Crippen LogP) is 5.98. The van der Waals surface area contributed by atoms with Crippen molar-refractivity contribution in [2.24, 2.45) is 0 Å². The number of nitrogens with zero attached hydrogens (tertiary/aromatic N) is 8. The van der Waals surface area contributed by atoms with Gasteiger partial charge in [-0.2, -0.15) is 5.10 Å². The number of likely N-dealkylation sites (tertiary alicyclic amines) is 1. The van der Waals surface area contributed by atoms with Crippen molar-refractivity contribution < 1.29 is 18.7 Å². The molecule has 0 unspecified atom stereocenters. The van der Waals surface area contributed by atoms with Crippen LogP contribution in [0.2, 0.25) is 5.02 Å². The molecule has 0 aliphatic carbocycles. The van der Waals surface area contributed by atoms with Gasteiger partial charge in [0, 0.05) is 37.5 Å². The van der Waals surface area contributed by atoms with Gasteiger partial charge < -0.3 is 24.6 Å². The van der Waals surface area contributed by atoms with Crippen molar-refractivity contribution in [3.05, 3.63) is 66.1 Å². The first kappa shape index (κ1) is 28.0. The molecule has 2 fully saturated rings. The maximum atomic E-state index is 15.4. The van der Waals surface area contributed by atoms with E-state index in [2.05, 4.69) is 30.3 Å². The fourth-order valence-electron chi connectivity index (χ4n) is 5.70. The molecule has 6 heterocycles. The molecule has 2 atom stereocenters. The minimum atomic E-state index is -0.591. The second-order valence-corrected chi connectivity index (χ2v) is 12.2. The normalized spacial score (nSPS) is 18.2. The highest BCUT2D eigenvalue weighted by molar-refractivity contribution is 6.32. The Balaban J connectivity index is 1.12. The van der Waals surface area contributed by atoms with Crippen LogP contribution >= 0.6 is 11.6 Å². The van der Waals surface area contributed by atoms with Gasteiger partial charge in [-0.05, 0) is 57.9 Å². The Kier molecular flexibility index (Phi) is 6.84. The Morgan fingerprint density at radius 1 is 1.09 bits per heavy atom. The summed E-state index contributed by atoms with van der Waals surface area (Å²) in [5.41, 5.74) is 1.21. The Morgan fingerprint density at radius 2 is 1.95 bits per heavy atom. The highest BCUT2D eigenvalue weighted by atomic mass is 35.5. The topological polar surface area (TPSA) is 123 Å². The molecule has 0 saturated carbocycles. The fraction of sp³-hybridized carbons (Fsp3) is 0.333. The van der Waals surface area contributed by atoms with E-state index in [4.69, 9.17) is 26.1 Å². The summed E-state index contributed by atoms with van der Waals surface area (Å²) in [5.74, 6) is 1.06. The smallest absolute Gasteiger partial charge is 0.410 e. The summed E-state index contributed by atoms with van der Waals surface area (Å²) >= 11 is 6.51. The zero-order chi connectivity index (χ0) is 30.6. The van der Waals surface area contributed by atoms with Gasteiger partial charge in [0.25, 0.3) is 0 Å². The summed E-state index contributed by atoms with van der Waals surface area (Å²) in [4.78, 5) is 34.6. The van der Waals surface area contributed by atoms with E-state index in [1.54, 1.807) is 22.8 Å². The van der Waals surface area contributed by atoms with Gasteiger partial charge in [-0.1, -0.05) is 11.6 Å². The van der Waals surface area contributed by atoms with Crippen LogP contribution in [0.5, 0.6) is 11.5 Å². The minimum Gasteiger partial charge on any atom is -0.455 e. The highest BCUT2D eigenvalue weighted by Crippen LogP contribution is 2.37. The number of hydrogen-bond donors (Lipinski definition) is 1. The number of carbonyl (C=O) groups excluding carboxylic acids is 1. The first-order chi connectivity index (χ1) is 21.1. The maximum absolute atomic E-state index is 15.4. The van der Waals surface area contributed by atoms with Gasteiger partial charge in [-0.25, -0.2) is 33.6 Å². The molecule has 1 aromatic carbocycles. The Hall–Kier alpha value is -4.78. The first-order valence-electron chi connectivity index (χ1n) is 14.2. The van der Waals surface area contributed by atoms with Gasteiger partial charge in [0.05, 0.1) is 22.3 Å². The zero-order valence-corrected chi connectivity index (χ0v) is 25.0. The number of ether oxygens (including phenoxy) is 2. The molecule has 2 aliphatic rings. The van der Waals surface area contributed by atoms with Gasteiger partial charge in [-0.15, -0.1) is 0 Å². The third-order valence-electron chi connectivity index (χ3n) is 7.68. The number of rotatable bonds is 5. The molecule has 2 saturated heterocycles.